The third-order valence-electron chi connectivity index (χ3n) is 5.28. The Bertz CT molecular complexity index is 1580. The highest BCUT2D eigenvalue weighted by molar-refractivity contribution is 5.86. The molecule has 0 unspecified atom stereocenters. The van der Waals surface area contributed by atoms with Crippen LogP contribution < -0.4 is 10.3 Å². The maximum Gasteiger partial charge on any atom is 0.344 e. The van der Waals surface area contributed by atoms with Gasteiger partial charge >= 0.3 is 5.97 Å². The highest BCUT2D eigenvalue weighted by atomic mass is 16.6. The van der Waals surface area contributed by atoms with E-state index in [4.69, 9.17) is 13.9 Å². The largest absolute Gasteiger partial charge is 0.481 e. The van der Waals surface area contributed by atoms with E-state index in [2.05, 4.69) is 10.1 Å². The van der Waals surface area contributed by atoms with E-state index in [1.807, 2.05) is 36.4 Å². The van der Waals surface area contributed by atoms with Crippen molar-refractivity contribution < 1.29 is 18.7 Å². The van der Waals surface area contributed by atoms with Crippen LogP contribution in [0.25, 0.3) is 33.5 Å². The number of carbonyl (C=O) groups excluding carboxylic acids is 1. The van der Waals surface area contributed by atoms with Crippen molar-refractivity contribution in [2.75, 3.05) is 13.2 Å². The van der Waals surface area contributed by atoms with Gasteiger partial charge in [0, 0.05) is 10.9 Å². The Labute approximate surface area is 200 Å². The summed E-state index contributed by atoms with van der Waals surface area (Å²) in [6.45, 7) is 1.77. The van der Waals surface area contributed by atoms with Crippen LogP contribution in [0.5, 0.6) is 5.75 Å². The second kappa shape index (κ2) is 9.64. The second-order valence-electron chi connectivity index (χ2n) is 7.59. The molecule has 0 amide bonds. The fourth-order valence-electron chi connectivity index (χ4n) is 3.66. The van der Waals surface area contributed by atoms with Gasteiger partial charge in [-0.1, -0.05) is 42.5 Å². The molecule has 0 saturated carbocycles. The van der Waals surface area contributed by atoms with Gasteiger partial charge in [0.15, 0.2) is 12.4 Å². The van der Waals surface area contributed by atoms with E-state index < -0.39 is 5.97 Å². The first-order valence-corrected chi connectivity index (χ1v) is 11.1. The average Bonchev–Trinajstić information content (AvgIpc) is 3.32. The highest BCUT2D eigenvalue weighted by Gasteiger charge is 2.16. The number of rotatable bonds is 7. The number of hydrogen-bond donors (Lipinski definition) is 0. The number of para-hydroxylation sites is 3. The molecule has 8 heteroatoms. The number of aromatic nitrogens is 2. The van der Waals surface area contributed by atoms with Gasteiger partial charge in [-0.15, -0.1) is 0 Å². The van der Waals surface area contributed by atoms with E-state index in [9.17, 15) is 9.59 Å². The molecule has 8 nitrogen and oxygen atoms in total. The lowest BCUT2D eigenvalue weighted by Gasteiger charge is -2.09. The van der Waals surface area contributed by atoms with Crippen LogP contribution >= 0.6 is 0 Å². The molecule has 0 aliphatic heterocycles. The van der Waals surface area contributed by atoms with Crippen LogP contribution in [0.4, 0.5) is 0 Å². The minimum Gasteiger partial charge on any atom is -0.481 e. The molecular weight excluding hydrogens is 446 g/mol. The number of fused-ring (bicyclic) bond motifs is 2. The van der Waals surface area contributed by atoms with Gasteiger partial charge in [0.1, 0.15) is 11.3 Å². The van der Waals surface area contributed by atoms with Crippen LogP contribution in [0.15, 0.2) is 93.2 Å². The minimum atomic E-state index is -0.471. The molecule has 2 aromatic heterocycles. The molecule has 0 N–H and O–H groups in total. The van der Waals surface area contributed by atoms with Crippen LogP contribution in [0.1, 0.15) is 12.5 Å². The molecule has 174 valence electrons. The zero-order valence-electron chi connectivity index (χ0n) is 18.9. The van der Waals surface area contributed by atoms with E-state index in [1.54, 1.807) is 49.4 Å². The van der Waals surface area contributed by atoms with E-state index in [0.717, 1.165) is 5.39 Å². The van der Waals surface area contributed by atoms with Gasteiger partial charge in [-0.25, -0.2) is 9.78 Å². The topological polar surface area (TPSA) is 95.9 Å². The molecule has 0 atom stereocenters. The summed E-state index contributed by atoms with van der Waals surface area (Å²) in [7, 11) is 0. The van der Waals surface area contributed by atoms with Crippen molar-refractivity contribution in [1.82, 2.24) is 9.66 Å². The summed E-state index contributed by atoms with van der Waals surface area (Å²) < 4.78 is 17.7. The van der Waals surface area contributed by atoms with Gasteiger partial charge in [-0.3, -0.25) is 4.79 Å². The van der Waals surface area contributed by atoms with Crippen LogP contribution in [0.3, 0.4) is 0 Å². The first kappa shape index (κ1) is 22.1. The van der Waals surface area contributed by atoms with Crippen molar-refractivity contribution in [3.8, 4) is 17.3 Å². The maximum absolute atomic E-state index is 13.4. The molecular formula is C27H21N3O5. The summed E-state index contributed by atoms with van der Waals surface area (Å²) in [4.78, 5) is 29.8. The molecule has 5 aromatic rings. The van der Waals surface area contributed by atoms with Crippen molar-refractivity contribution in [3.05, 3.63) is 94.8 Å². The number of benzene rings is 3. The molecule has 35 heavy (non-hydrogen) atoms. The van der Waals surface area contributed by atoms with Crippen molar-refractivity contribution in [3.63, 3.8) is 0 Å². The van der Waals surface area contributed by atoms with Crippen LogP contribution in [-0.4, -0.2) is 35.1 Å². The molecule has 0 aliphatic carbocycles. The summed E-state index contributed by atoms with van der Waals surface area (Å²) in [5.74, 6) is 0.641. The maximum atomic E-state index is 13.4. The third-order valence-corrected chi connectivity index (χ3v) is 5.28. The van der Waals surface area contributed by atoms with E-state index in [0.29, 0.717) is 33.6 Å². The normalized spacial score (nSPS) is 11.3. The number of esters is 1. The molecule has 2 heterocycles. The zero-order valence-corrected chi connectivity index (χ0v) is 18.9. The minimum absolute atomic E-state index is 0.236. The Morgan fingerprint density at radius 3 is 2.69 bits per heavy atom. The monoisotopic (exact) mass is 467 g/mol. The van der Waals surface area contributed by atoms with E-state index in [-0.39, 0.29) is 24.6 Å². The molecule has 0 bridgehead atoms. The Hall–Kier alpha value is -4.72. The predicted octanol–water partition coefficient (Wildman–Crippen LogP) is 4.63. The SMILES string of the molecule is CCOC(=O)COc1ccccc1C=Nn1c(-c2cc3ccccc3o2)nc2ccccc2c1=O. The lowest BCUT2D eigenvalue weighted by Crippen LogP contribution is -2.20. The molecule has 0 aliphatic rings. The van der Waals surface area contributed by atoms with Crippen molar-refractivity contribution >= 4 is 34.1 Å². The van der Waals surface area contributed by atoms with Gasteiger partial charge in [-0.05, 0) is 43.3 Å². The highest BCUT2D eigenvalue weighted by Crippen LogP contribution is 2.27. The standard InChI is InChI=1S/C27H21N3O5/c1-2-33-25(31)17-34-22-13-7-4-10-19(22)16-28-30-26(24-15-18-9-3-8-14-23(18)35-24)29-21-12-6-5-11-20(21)27(30)32/h3-16H,2,17H2,1H3. The summed E-state index contributed by atoms with van der Waals surface area (Å²) >= 11 is 0. The molecule has 5 rings (SSSR count). The molecule has 0 fully saturated rings. The van der Waals surface area contributed by atoms with E-state index >= 15 is 0 Å². The smallest absolute Gasteiger partial charge is 0.344 e. The lowest BCUT2D eigenvalue weighted by molar-refractivity contribution is -0.145. The fourth-order valence-corrected chi connectivity index (χ4v) is 3.66. The third kappa shape index (κ3) is 4.54. The van der Waals surface area contributed by atoms with Crippen LogP contribution in [0.2, 0.25) is 0 Å². The molecule has 0 radical (unpaired) electrons. The molecule has 0 spiro atoms. The number of nitrogens with zero attached hydrogens (tertiary/aromatic N) is 3. The first-order chi connectivity index (χ1) is 17.1. The second-order valence-corrected chi connectivity index (χ2v) is 7.59. The zero-order chi connectivity index (χ0) is 24.2. The molecule has 0 saturated heterocycles. The summed E-state index contributed by atoms with van der Waals surface area (Å²) in [5, 5.41) is 5.77. The Morgan fingerprint density at radius 1 is 1.06 bits per heavy atom. The first-order valence-electron chi connectivity index (χ1n) is 11.1. The Morgan fingerprint density at radius 2 is 1.83 bits per heavy atom. The van der Waals surface area contributed by atoms with Gasteiger partial charge in [0.2, 0.25) is 5.82 Å². The van der Waals surface area contributed by atoms with Gasteiger partial charge in [0.25, 0.3) is 5.56 Å². The van der Waals surface area contributed by atoms with Gasteiger partial charge < -0.3 is 13.9 Å². The number of ether oxygens (including phenoxy) is 2. The van der Waals surface area contributed by atoms with Crippen LogP contribution in [-0.2, 0) is 9.53 Å². The summed E-state index contributed by atoms with van der Waals surface area (Å²) in [6, 6.07) is 23.5. The lowest BCUT2D eigenvalue weighted by atomic mass is 10.2. The number of furan rings is 1. The number of hydrogen-bond acceptors (Lipinski definition) is 7. The van der Waals surface area contributed by atoms with Crippen molar-refractivity contribution in [2.45, 2.75) is 6.92 Å². The predicted molar refractivity (Wildman–Crippen MR) is 133 cm³/mol. The van der Waals surface area contributed by atoms with E-state index in [1.165, 1.54) is 10.9 Å². The van der Waals surface area contributed by atoms with Gasteiger partial charge in [0.05, 0.1) is 23.7 Å². The molecule has 3 aromatic carbocycles. The van der Waals surface area contributed by atoms with Crippen molar-refractivity contribution in [1.29, 1.82) is 0 Å². The van der Waals surface area contributed by atoms with Crippen LogP contribution in [0, 0.1) is 0 Å². The Kier molecular flexibility index (Phi) is 6.09. The number of carbonyl (C=O) groups is 1. The Balaban J connectivity index is 1.59. The fraction of sp³-hybridized carbons (Fsp3) is 0.111. The quantitative estimate of drug-likeness (QED) is 0.256. The van der Waals surface area contributed by atoms with Gasteiger partial charge in [-0.2, -0.15) is 9.78 Å². The summed E-state index contributed by atoms with van der Waals surface area (Å²) in [6.07, 6.45) is 1.49. The summed E-state index contributed by atoms with van der Waals surface area (Å²) in [5.41, 5.74) is 1.45. The van der Waals surface area contributed by atoms with Crippen molar-refractivity contribution in [2.24, 2.45) is 5.10 Å². The average molecular weight is 467 g/mol.